The Morgan fingerprint density at radius 1 is 1.32 bits per heavy atom. The van der Waals surface area contributed by atoms with E-state index in [1.54, 1.807) is 10.7 Å². The summed E-state index contributed by atoms with van der Waals surface area (Å²) in [6.07, 6.45) is 0. The van der Waals surface area contributed by atoms with Crippen LogP contribution >= 0.6 is 11.6 Å². The van der Waals surface area contributed by atoms with Crippen molar-refractivity contribution in [2.24, 2.45) is 0 Å². The van der Waals surface area contributed by atoms with Crippen LogP contribution in [-0.2, 0) is 13.2 Å². The summed E-state index contributed by atoms with van der Waals surface area (Å²) in [5, 5.41) is 22.3. The maximum atomic E-state index is 9.52. The first-order valence-corrected chi connectivity index (χ1v) is 7.19. The number of aryl methyl sites for hydroxylation is 2. The van der Waals surface area contributed by atoms with Gasteiger partial charge in [0, 0.05) is 16.1 Å². The molecule has 3 rings (SSSR count). The Morgan fingerprint density at radius 3 is 2.77 bits per heavy atom. The Hall–Kier alpha value is -2.18. The molecule has 7 heteroatoms. The molecular weight excluding hydrogens is 304 g/mol. The molecule has 1 N–H and O–H groups in total. The molecule has 114 valence electrons. The maximum absolute atomic E-state index is 9.52. The monoisotopic (exact) mass is 318 g/mol. The molecule has 0 amide bonds. The quantitative estimate of drug-likeness (QED) is 0.800. The van der Waals surface area contributed by atoms with E-state index in [0.717, 1.165) is 28.3 Å². The van der Waals surface area contributed by atoms with E-state index in [9.17, 15) is 5.11 Å². The highest BCUT2D eigenvalue weighted by Gasteiger charge is 2.18. The highest BCUT2D eigenvalue weighted by atomic mass is 35.5. The van der Waals surface area contributed by atoms with Gasteiger partial charge < -0.3 is 9.63 Å². The molecule has 0 aliphatic carbocycles. The molecule has 0 aliphatic heterocycles. The van der Waals surface area contributed by atoms with Crippen LogP contribution in [0.25, 0.3) is 11.3 Å². The van der Waals surface area contributed by atoms with E-state index >= 15 is 0 Å². The van der Waals surface area contributed by atoms with Crippen LogP contribution < -0.4 is 0 Å². The summed E-state index contributed by atoms with van der Waals surface area (Å²) in [6.45, 7) is 4.02. The van der Waals surface area contributed by atoms with Gasteiger partial charge in [-0.2, -0.15) is 0 Å². The SMILES string of the molecule is Cc1noc(C)c1Cn1nnc(CO)c1-c1cccc(Cl)c1. The lowest BCUT2D eigenvalue weighted by molar-refractivity contribution is 0.277. The lowest BCUT2D eigenvalue weighted by Crippen LogP contribution is -2.06. The van der Waals surface area contributed by atoms with Crippen LogP contribution in [0, 0.1) is 13.8 Å². The van der Waals surface area contributed by atoms with E-state index in [-0.39, 0.29) is 6.61 Å². The molecule has 3 aromatic rings. The molecule has 0 fully saturated rings. The van der Waals surface area contributed by atoms with Gasteiger partial charge in [0.2, 0.25) is 0 Å². The van der Waals surface area contributed by atoms with Crippen LogP contribution in [0.1, 0.15) is 22.7 Å². The molecule has 0 aliphatic rings. The molecule has 0 unspecified atom stereocenters. The van der Waals surface area contributed by atoms with Crippen molar-refractivity contribution in [2.75, 3.05) is 0 Å². The van der Waals surface area contributed by atoms with Gasteiger partial charge in [0.1, 0.15) is 11.5 Å². The third kappa shape index (κ3) is 2.63. The molecule has 2 aromatic heterocycles. The Balaban J connectivity index is 2.08. The van der Waals surface area contributed by atoms with Gasteiger partial charge in [0.15, 0.2) is 0 Å². The molecule has 0 atom stereocenters. The number of rotatable bonds is 4. The minimum Gasteiger partial charge on any atom is -0.390 e. The van der Waals surface area contributed by atoms with Gasteiger partial charge in [0.05, 0.1) is 24.5 Å². The third-order valence-electron chi connectivity index (χ3n) is 3.54. The smallest absolute Gasteiger partial charge is 0.138 e. The topological polar surface area (TPSA) is 77.0 Å². The van der Waals surface area contributed by atoms with Crippen molar-refractivity contribution in [2.45, 2.75) is 27.0 Å². The van der Waals surface area contributed by atoms with E-state index in [1.165, 1.54) is 0 Å². The van der Waals surface area contributed by atoms with Gasteiger partial charge in [-0.05, 0) is 26.0 Å². The Labute approximate surface area is 132 Å². The number of aromatic nitrogens is 4. The number of hydrogen-bond donors (Lipinski definition) is 1. The standard InChI is InChI=1S/C15H15ClN4O2/c1-9-13(10(2)22-18-9)7-20-15(14(8-21)17-19-20)11-4-3-5-12(16)6-11/h3-6,21H,7-8H2,1-2H3. The number of hydrogen-bond acceptors (Lipinski definition) is 5. The van der Waals surface area contributed by atoms with Crippen molar-refractivity contribution in [3.8, 4) is 11.3 Å². The molecular formula is C15H15ClN4O2. The molecule has 2 heterocycles. The Bertz CT molecular complexity index is 790. The number of nitrogens with zero attached hydrogens (tertiary/aromatic N) is 4. The van der Waals surface area contributed by atoms with E-state index in [0.29, 0.717) is 17.3 Å². The maximum Gasteiger partial charge on any atom is 0.138 e. The summed E-state index contributed by atoms with van der Waals surface area (Å²) in [7, 11) is 0. The lowest BCUT2D eigenvalue weighted by Gasteiger charge is -2.08. The highest BCUT2D eigenvalue weighted by Crippen LogP contribution is 2.26. The van der Waals surface area contributed by atoms with Crippen LogP contribution in [0.3, 0.4) is 0 Å². The van der Waals surface area contributed by atoms with Crippen molar-refractivity contribution in [3.63, 3.8) is 0 Å². The minimum absolute atomic E-state index is 0.191. The van der Waals surface area contributed by atoms with Crippen molar-refractivity contribution < 1.29 is 9.63 Å². The van der Waals surface area contributed by atoms with E-state index in [1.807, 2.05) is 32.0 Å². The molecule has 0 saturated heterocycles. The highest BCUT2D eigenvalue weighted by molar-refractivity contribution is 6.30. The first kappa shape index (κ1) is 14.7. The molecule has 0 bridgehead atoms. The van der Waals surface area contributed by atoms with E-state index in [2.05, 4.69) is 15.5 Å². The van der Waals surface area contributed by atoms with Crippen molar-refractivity contribution in [3.05, 3.63) is 52.0 Å². The van der Waals surface area contributed by atoms with Gasteiger partial charge in [-0.3, -0.25) is 0 Å². The second-order valence-electron chi connectivity index (χ2n) is 5.01. The van der Waals surface area contributed by atoms with Gasteiger partial charge in [0.25, 0.3) is 0 Å². The van der Waals surface area contributed by atoms with Crippen LogP contribution in [0.15, 0.2) is 28.8 Å². The first-order chi connectivity index (χ1) is 10.6. The molecule has 1 aromatic carbocycles. The minimum atomic E-state index is -0.191. The number of aliphatic hydroxyl groups is 1. The van der Waals surface area contributed by atoms with Crippen LogP contribution in [-0.4, -0.2) is 25.3 Å². The number of benzene rings is 1. The zero-order chi connectivity index (χ0) is 15.7. The number of halogens is 1. The fourth-order valence-corrected chi connectivity index (χ4v) is 2.59. The third-order valence-corrected chi connectivity index (χ3v) is 3.78. The number of aliphatic hydroxyl groups excluding tert-OH is 1. The fraction of sp³-hybridized carbons (Fsp3) is 0.267. The molecule has 0 spiro atoms. The molecule has 0 radical (unpaired) electrons. The zero-order valence-electron chi connectivity index (χ0n) is 12.2. The van der Waals surface area contributed by atoms with E-state index < -0.39 is 0 Å². The second kappa shape index (κ2) is 5.90. The lowest BCUT2D eigenvalue weighted by atomic mass is 10.1. The van der Waals surface area contributed by atoms with Crippen LogP contribution in [0.5, 0.6) is 0 Å². The summed E-state index contributed by atoms with van der Waals surface area (Å²) < 4.78 is 6.91. The average Bonchev–Trinajstić information content (AvgIpc) is 3.05. The van der Waals surface area contributed by atoms with Crippen molar-refractivity contribution in [1.82, 2.24) is 20.2 Å². The summed E-state index contributed by atoms with van der Waals surface area (Å²) in [5.41, 5.74) is 3.88. The van der Waals surface area contributed by atoms with Crippen LogP contribution in [0.4, 0.5) is 0 Å². The van der Waals surface area contributed by atoms with Gasteiger partial charge in [-0.15, -0.1) is 5.10 Å². The van der Waals surface area contributed by atoms with Gasteiger partial charge in [-0.25, -0.2) is 4.68 Å². The summed E-state index contributed by atoms with van der Waals surface area (Å²) in [6, 6.07) is 7.38. The zero-order valence-corrected chi connectivity index (χ0v) is 13.0. The first-order valence-electron chi connectivity index (χ1n) is 6.81. The average molecular weight is 319 g/mol. The second-order valence-corrected chi connectivity index (χ2v) is 5.45. The summed E-state index contributed by atoms with van der Waals surface area (Å²) in [5.74, 6) is 0.746. The summed E-state index contributed by atoms with van der Waals surface area (Å²) >= 11 is 6.07. The predicted octanol–water partition coefficient (Wildman–Crippen LogP) is 2.74. The Morgan fingerprint density at radius 2 is 2.14 bits per heavy atom. The van der Waals surface area contributed by atoms with Crippen molar-refractivity contribution in [1.29, 1.82) is 0 Å². The van der Waals surface area contributed by atoms with Gasteiger partial charge >= 0.3 is 0 Å². The molecule has 22 heavy (non-hydrogen) atoms. The van der Waals surface area contributed by atoms with Crippen molar-refractivity contribution >= 4 is 11.6 Å². The van der Waals surface area contributed by atoms with Gasteiger partial charge in [-0.1, -0.05) is 34.1 Å². The molecule has 6 nitrogen and oxygen atoms in total. The normalized spacial score (nSPS) is 11.1. The summed E-state index contributed by atoms with van der Waals surface area (Å²) in [4.78, 5) is 0. The predicted molar refractivity (Wildman–Crippen MR) is 81.5 cm³/mol. The largest absolute Gasteiger partial charge is 0.390 e. The Kier molecular flexibility index (Phi) is 3.96. The molecule has 0 saturated carbocycles. The van der Waals surface area contributed by atoms with E-state index in [4.69, 9.17) is 16.1 Å². The fourth-order valence-electron chi connectivity index (χ4n) is 2.40. The van der Waals surface area contributed by atoms with Crippen LogP contribution in [0.2, 0.25) is 5.02 Å².